The average molecular weight is 498 g/mol. The molecule has 1 amide bonds. The van der Waals surface area contributed by atoms with Crippen LogP contribution in [0.1, 0.15) is 43.1 Å². The van der Waals surface area contributed by atoms with E-state index in [2.05, 4.69) is 46.2 Å². The third-order valence-electron chi connectivity index (χ3n) is 6.38. The van der Waals surface area contributed by atoms with E-state index in [4.69, 9.17) is 16.3 Å². The molecule has 1 aliphatic heterocycles. The predicted molar refractivity (Wildman–Crippen MR) is 138 cm³/mol. The topological polar surface area (TPSA) is 88.4 Å². The monoisotopic (exact) mass is 497 g/mol. The van der Waals surface area contributed by atoms with Crippen molar-refractivity contribution in [3.63, 3.8) is 0 Å². The van der Waals surface area contributed by atoms with Gasteiger partial charge in [-0.25, -0.2) is 9.97 Å². The minimum absolute atomic E-state index is 0.0184. The van der Waals surface area contributed by atoms with Gasteiger partial charge in [0, 0.05) is 30.9 Å². The summed E-state index contributed by atoms with van der Waals surface area (Å²) in [6, 6.07) is 7.68. The molecule has 0 aliphatic carbocycles. The van der Waals surface area contributed by atoms with Crippen LogP contribution in [-0.2, 0) is 0 Å². The SMILES string of the molecule is COc1cc(C(=O)N(C)C2CCN(C)CC2)ccc1Nc1ncc(Cl)c(-c2ccn(C(C)C)n2)n1. The van der Waals surface area contributed by atoms with Gasteiger partial charge in [0.05, 0.1) is 24.0 Å². The Balaban J connectivity index is 1.53. The molecule has 4 rings (SSSR count). The summed E-state index contributed by atoms with van der Waals surface area (Å²) in [4.78, 5) is 26.2. The van der Waals surface area contributed by atoms with Crippen LogP contribution in [0, 0.1) is 0 Å². The number of carbonyl (C=O) groups excluding carboxylic acids is 1. The summed E-state index contributed by atoms with van der Waals surface area (Å²) in [5.74, 6) is 0.858. The van der Waals surface area contributed by atoms with Gasteiger partial charge in [0.2, 0.25) is 5.95 Å². The van der Waals surface area contributed by atoms with E-state index in [1.54, 1.807) is 31.5 Å². The zero-order chi connectivity index (χ0) is 25.1. The van der Waals surface area contributed by atoms with Gasteiger partial charge in [-0.05, 0) is 71.1 Å². The maximum Gasteiger partial charge on any atom is 0.253 e. The number of piperidine rings is 1. The predicted octanol–water partition coefficient (Wildman–Crippen LogP) is 4.49. The largest absolute Gasteiger partial charge is 0.495 e. The summed E-state index contributed by atoms with van der Waals surface area (Å²) in [5.41, 5.74) is 2.42. The number of aromatic nitrogens is 4. The molecule has 186 valence electrons. The van der Waals surface area contributed by atoms with Crippen LogP contribution in [0.25, 0.3) is 11.4 Å². The van der Waals surface area contributed by atoms with Gasteiger partial charge >= 0.3 is 0 Å². The highest BCUT2D eigenvalue weighted by Gasteiger charge is 2.25. The van der Waals surface area contributed by atoms with Crippen molar-refractivity contribution in [3.05, 3.63) is 47.2 Å². The van der Waals surface area contributed by atoms with Crippen LogP contribution in [0.2, 0.25) is 5.02 Å². The summed E-state index contributed by atoms with van der Waals surface area (Å²) in [6.07, 6.45) is 5.39. The van der Waals surface area contributed by atoms with Gasteiger partial charge in [0.1, 0.15) is 17.1 Å². The Bertz CT molecular complexity index is 1190. The van der Waals surface area contributed by atoms with Crippen LogP contribution in [0.15, 0.2) is 36.7 Å². The lowest BCUT2D eigenvalue weighted by atomic mass is 10.0. The first-order valence-corrected chi connectivity index (χ1v) is 12.1. The first-order valence-electron chi connectivity index (χ1n) is 11.8. The normalized spacial score (nSPS) is 14.8. The van der Waals surface area contributed by atoms with E-state index in [1.165, 1.54) is 0 Å². The fourth-order valence-corrected chi connectivity index (χ4v) is 4.35. The second kappa shape index (κ2) is 10.6. The highest BCUT2D eigenvalue weighted by atomic mass is 35.5. The van der Waals surface area contributed by atoms with E-state index in [9.17, 15) is 4.79 Å². The van der Waals surface area contributed by atoms with Crippen LogP contribution in [-0.4, -0.2) is 75.8 Å². The molecule has 2 aromatic heterocycles. The van der Waals surface area contributed by atoms with Crippen molar-refractivity contribution < 1.29 is 9.53 Å². The molecule has 1 aromatic carbocycles. The zero-order valence-electron chi connectivity index (χ0n) is 20.8. The molecule has 3 heterocycles. The van der Waals surface area contributed by atoms with Crippen LogP contribution < -0.4 is 10.1 Å². The molecule has 9 nitrogen and oxygen atoms in total. The number of ether oxygens (including phenoxy) is 1. The van der Waals surface area contributed by atoms with Crippen LogP contribution >= 0.6 is 11.6 Å². The molecule has 0 atom stereocenters. The van der Waals surface area contributed by atoms with Crippen LogP contribution in [0.5, 0.6) is 5.75 Å². The van der Waals surface area contributed by atoms with E-state index in [0.717, 1.165) is 25.9 Å². The van der Waals surface area contributed by atoms with E-state index in [1.807, 2.05) is 28.9 Å². The van der Waals surface area contributed by atoms with Crippen LogP contribution in [0.4, 0.5) is 11.6 Å². The first-order chi connectivity index (χ1) is 16.8. The van der Waals surface area contributed by atoms with E-state index in [-0.39, 0.29) is 18.0 Å². The molecule has 0 radical (unpaired) electrons. The number of likely N-dealkylation sites (tertiary alicyclic amines) is 1. The number of methoxy groups -OCH3 is 1. The minimum atomic E-state index is -0.0184. The summed E-state index contributed by atoms with van der Waals surface area (Å²) in [5, 5.41) is 8.15. The van der Waals surface area contributed by atoms with E-state index < -0.39 is 0 Å². The number of carbonyl (C=O) groups is 1. The third kappa shape index (κ3) is 5.57. The maximum atomic E-state index is 13.1. The number of hydrogen-bond donors (Lipinski definition) is 1. The Hall–Kier alpha value is -3.17. The fraction of sp³-hybridized carbons (Fsp3) is 0.440. The van der Waals surface area contributed by atoms with E-state index >= 15 is 0 Å². The van der Waals surface area contributed by atoms with E-state index in [0.29, 0.717) is 39.4 Å². The molecule has 1 aliphatic rings. The minimum Gasteiger partial charge on any atom is -0.495 e. The smallest absolute Gasteiger partial charge is 0.253 e. The molecular weight excluding hydrogens is 466 g/mol. The fourth-order valence-electron chi connectivity index (χ4n) is 4.16. The van der Waals surface area contributed by atoms with Gasteiger partial charge in [-0.3, -0.25) is 9.48 Å². The van der Waals surface area contributed by atoms with Crippen molar-refractivity contribution in [2.45, 2.75) is 38.8 Å². The highest BCUT2D eigenvalue weighted by Crippen LogP contribution is 2.31. The highest BCUT2D eigenvalue weighted by molar-refractivity contribution is 6.32. The second-order valence-corrected chi connectivity index (χ2v) is 9.56. The average Bonchev–Trinajstić information content (AvgIpc) is 3.35. The Kier molecular flexibility index (Phi) is 7.57. The molecule has 1 fully saturated rings. The lowest BCUT2D eigenvalue weighted by Crippen LogP contribution is -2.44. The Morgan fingerprint density at radius 1 is 1.26 bits per heavy atom. The Morgan fingerprint density at radius 3 is 2.66 bits per heavy atom. The number of anilines is 2. The molecule has 0 bridgehead atoms. The van der Waals surface area contributed by atoms with Gasteiger partial charge < -0.3 is 19.9 Å². The molecular formula is C25H32ClN7O2. The number of benzene rings is 1. The number of amides is 1. The summed E-state index contributed by atoms with van der Waals surface area (Å²) < 4.78 is 7.43. The van der Waals surface area contributed by atoms with Crippen molar-refractivity contribution in [3.8, 4) is 17.1 Å². The number of nitrogens with zero attached hydrogens (tertiary/aromatic N) is 6. The van der Waals surface area contributed by atoms with Crippen molar-refractivity contribution in [2.24, 2.45) is 0 Å². The van der Waals surface area contributed by atoms with Gasteiger partial charge in [0.25, 0.3) is 5.91 Å². The molecule has 0 spiro atoms. The van der Waals surface area contributed by atoms with Gasteiger partial charge in [0.15, 0.2) is 0 Å². The quantitative estimate of drug-likeness (QED) is 0.514. The molecule has 0 saturated carbocycles. The molecule has 0 unspecified atom stereocenters. The summed E-state index contributed by atoms with van der Waals surface area (Å²) in [6.45, 7) is 6.10. The first kappa shape index (κ1) is 24.9. The summed E-state index contributed by atoms with van der Waals surface area (Å²) in [7, 11) is 5.56. The molecule has 1 N–H and O–H groups in total. The number of rotatable bonds is 7. The molecule has 10 heteroatoms. The Morgan fingerprint density at radius 2 is 2.00 bits per heavy atom. The maximum absolute atomic E-state index is 13.1. The molecule has 35 heavy (non-hydrogen) atoms. The summed E-state index contributed by atoms with van der Waals surface area (Å²) >= 11 is 6.37. The third-order valence-corrected chi connectivity index (χ3v) is 6.65. The number of hydrogen-bond acceptors (Lipinski definition) is 7. The van der Waals surface area contributed by atoms with Gasteiger partial charge in [-0.15, -0.1) is 0 Å². The number of nitrogens with one attached hydrogen (secondary N) is 1. The Labute approximate surface area is 211 Å². The molecule has 1 saturated heterocycles. The van der Waals surface area contributed by atoms with Crippen molar-refractivity contribution in [1.82, 2.24) is 29.5 Å². The van der Waals surface area contributed by atoms with Crippen molar-refractivity contribution in [2.75, 3.05) is 39.6 Å². The van der Waals surface area contributed by atoms with Crippen molar-refractivity contribution >= 4 is 29.1 Å². The van der Waals surface area contributed by atoms with Crippen molar-refractivity contribution in [1.29, 1.82) is 0 Å². The standard InChI is InChI=1S/C25H32ClN7O2/c1-16(2)33-13-10-21(30-33)23-19(26)15-27-25(29-23)28-20-7-6-17(14-22(20)35-5)24(34)32(4)18-8-11-31(3)12-9-18/h6-7,10,13-16,18H,8-9,11-12H2,1-5H3,(H,27,28,29). The molecule has 3 aromatic rings. The van der Waals surface area contributed by atoms with Gasteiger partial charge in [-0.2, -0.15) is 5.10 Å². The lowest BCUT2D eigenvalue weighted by Gasteiger charge is -2.35. The van der Waals surface area contributed by atoms with Gasteiger partial charge in [-0.1, -0.05) is 11.6 Å². The second-order valence-electron chi connectivity index (χ2n) is 9.16. The van der Waals surface area contributed by atoms with Crippen LogP contribution in [0.3, 0.4) is 0 Å². The zero-order valence-corrected chi connectivity index (χ0v) is 21.6. The number of halogens is 1. The lowest BCUT2D eigenvalue weighted by molar-refractivity contribution is 0.0659.